The summed E-state index contributed by atoms with van der Waals surface area (Å²) in [6, 6.07) is 17.7. The van der Waals surface area contributed by atoms with Gasteiger partial charge in [-0.2, -0.15) is 0 Å². The van der Waals surface area contributed by atoms with Crippen molar-refractivity contribution >= 4 is 28.1 Å². The molecule has 0 radical (unpaired) electrons. The average molecular weight is 447 g/mol. The van der Waals surface area contributed by atoms with Crippen LogP contribution in [0.4, 0.5) is 5.13 Å². The van der Waals surface area contributed by atoms with Gasteiger partial charge in [-0.15, -0.1) is 0 Å². The van der Waals surface area contributed by atoms with E-state index in [2.05, 4.69) is 23.4 Å². The smallest absolute Gasteiger partial charge is 0.246 e. The van der Waals surface area contributed by atoms with Crippen molar-refractivity contribution in [1.29, 1.82) is 0 Å². The number of para-hydroxylation sites is 1. The number of carbonyl (C=O) groups excluding carboxylic acids is 1. The lowest BCUT2D eigenvalue weighted by Crippen LogP contribution is -2.48. The Hall–Kier alpha value is -3.58. The highest BCUT2D eigenvalue weighted by atomic mass is 32.1. The number of ether oxygens (including phenoxy) is 1. The Morgan fingerprint density at radius 1 is 1.06 bits per heavy atom. The highest BCUT2D eigenvalue weighted by molar-refractivity contribution is 7.17. The van der Waals surface area contributed by atoms with Crippen LogP contribution >= 0.6 is 11.3 Å². The van der Waals surface area contributed by atoms with E-state index in [9.17, 15) is 4.79 Å². The Labute approximate surface area is 192 Å². The number of hydrogen-bond acceptors (Lipinski definition) is 6. The number of anilines is 1. The first kappa shape index (κ1) is 21.6. The van der Waals surface area contributed by atoms with Crippen molar-refractivity contribution in [3.8, 4) is 22.8 Å². The summed E-state index contributed by atoms with van der Waals surface area (Å²) in [7, 11) is 1.86. The van der Waals surface area contributed by atoms with Crippen molar-refractivity contribution < 1.29 is 9.53 Å². The lowest BCUT2D eigenvalue weighted by molar-refractivity contribution is -0.126. The Bertz CT molecular complexity index is 1100. The molecule has 1 amide bonds. The molecule has 0 aliphatic carbocycles. The van der Waals surface area contributed by atoms with E-state index in [4.69, 9.17) is 9.72 Å². The molecular weight excluding hydrogens is 420 g/mol. The van der Waals surface area contributed by atoms with Crippen LogP contribution in [0.3, 0.4) is 0 Å². The molecule has 2 heterocycles. The second kappa shape index (κ2) is 9.70. The van der Waals surface area contributed by atoms with Crippen LogP contribution in [0.1, 0.15) is 4.88 Å². The van der Waals surface area contributed by atoms with Gasteiger partial charge in [0.2, 0.25) is 5.91 Å². The molecule has 1 fully saturated rings. The number of benzene rings is 2. The van der Waals surface area contributed by atoms with Crippen LogP contribution in [0, 0.1) is 0 Å². The van der Waals surface area contributed by atoms with Gasteiger partial charge in [-0.1, -0.05) is 42.7 Å². The number of aromatic nitrogens is 1. The van der Waals surface area contributed by atoms with Crippen LogP contribution in [0.2, 0.25) is 0 Å². The summed E-state index contributed by atoms with van der Waals surface area (Å²) in [5.41, 5.74) is 2.72. The quantitative estimate of drug-likeness (QED) is 0.537. The van der Waals surface area contributed by atoms with E-state index in [0.29, 0.717) is 13.1 Å². The van der Waals surface area contributed by atoms with Crippen LogP contribution in [0.15, 0.2) is 73.8 Å². The first-order valence-electron chi connectivity index (χ1n) is 10.5. The Kier molecular flexibility index (Phi) is 6.56. The number of rotatable bonds is 7. The summed E-state index contributed by atoms with van der Waals surface area (Å²) in [5, 5.41) is 4.08. The number of amides is 1. The molecule has 7 heteroatoms. The minimum absolute atomic E-state index is 0.0217. The van der Waals surface area contributed by atoms with Crippen molar-refractivity contribution in [3.63, 3.8) is 0 Å². The van der Waals surface area contributed by atoms with E-state index in [1.165, 1.54) is 6.08 Å². The third-order valence-electron chi connectivity index (χ3n) is 5.33. The van der Waals surface area contributed by atoms with Crippen molar-refractivity contribution in [3.05, 3.63) is 78.7 Å². The van der Waals surface area contributed by atoms with Gasteiger partial charge in [0.05, 0.1) is 10.6 Å². The third-order valence-corrected chi connectivity index (χ3v) is 6.51. The molecule has 164 valence electrons. The summed E-state index contributed by atoms with van der Waals surface area (Å²) in [4.78, 5) is 21.9. The zero-order valence-corrected chi connectivity index (χ0v) is 18.9. The van der Waals surface area contributed by atoms with Gasteiger partial charge < -0.3 is 19.9 Å². The van der Waals surface area contributed by atoms with Gasteiger partial charge >= 0.3 is 0 Å². The summed E-state index contributed by atoms with van der Waals surface area (Å²) in [6.07, 6.45) is 1.37. The van der Waals surface area contributed by atoms with E-state index in [-0.39, 0.29) is 5.91 Å². The minimum atomic E-state index is -0.0217. The standard InChI is InChI=1S/C25H26N4O2S/c1-4-22(30)28-14-16-29(17-15-28)25-27-23(24(32-25)18(2)26-3)19-10-12-21(13-11-19)31-20-8-6-5-7-9-20/h4-13,26H,1-2,14-17H2,3H3. The molecule has 0 spiro atoms. The fourth-order valence-corrected chi connectivity index (χ4v) is 4.63. The molecule has 0 atom stereocenters. The number of carbonyl (C=O) groups is 1. The maximum atomic E-state index is 11.9. The molecule has 0 bridgehead atoms. The second-order valence-corrected chi connectivity index (χ2v) is 8.34. The van der Waals surface area contributed by atoms with E-state index >= 15 is 0 Å². The minimum Gasteiger partial charge on any atom is -0.457 e. The van der Waals surface area contributed by atoms with Gasteiger partial charge in [0, 0.05) is 44.5 Å². The van der Waals surface area contributed by atoms with Crippen molar-refractivity contribution in [2.75, 3.05) is 38.1 Å². The predicted molar refractivity (Wildman–Crippen MR) is 131 cm³/mol. The largest absolute Gasteiger partial charge is 0.457 e. The summed E-state index contributed by atoms with van der Waals surface area (Å²) < 4.78 is 5.91. The molecular formula is C25H26N4O2S. The molecule has 1 N–H and O–H groups in total. The van der Waals surface area contributed by atoms with Gasteiger partial charge in [0.15, 0.2) is 5.13 Å². The number of hydrogen-bond donors (Lipinski definition) is 1. The third kappa shape index (κ3) is 4.68. The maximum absolute atomic E-state index is 11.9. The molecule has 0 unspecified atom stereocenters. The summed E-state index contributed by atoms with van der Waals surface area (Å²) >= 11 is 1.61. The maximum Gasteiger partial charge on any atom is 0.246 e. The predicted octanol–water partition coefficient (Wildman–Crippen LogP) is 4.63. The van der Waals surface area contributed by atoms with Crippen LogP contribution in [0.5, 0.6) is 11.5 Å². The van der Waals surface area contributed by atoms with Gasteiger partial charge in [0.1, 0.15) is 11.5 Å². The molecule has 1 aromatic heterocycles. The fourth-order valence-electron chi connectivity index (χ4n) is 3.51. The topological polar surface area (TPSA) is 57.7 Å². The highest BCUT2D eigenvalue weighted by Gasteiger charge is 2.24. The molecule has 1 aliphatic rings. The Balaban J connectivity index is 1.55. The molecule has 6 nitrogen and oxygen atoms in total. The second-order valence-electron chi connectivity index (χ2n) is 7.36. The van der Waals surface area contributed by atoms with Gasteiger partial charge in [-0.25, -0.2) is 4.98 Å². The fraction of sp³-hybridized carbons (Fsp3) is 0.200. The number of nitrogens with zero attached hydrogens (tertiary/aromatic N) is 3. The van der Waals surface area contributed by atoms with Gasteiger partial charge in [0.25, 0.3) is 0 Å². The SMILES string of the molecule is C=CC(=O)N1CCN(c2nc(-c3ccc(Oc4ccccc4)cc3)c(C(=C)NC)s2)CC1. The first-order valence-corrected chi connectivity index (χ1v) is 11.3. The van der Waals surface area contributed by atoms with Crippen LogP contribution in [-0.4, -0.2) is 49.0 Å². The highest BCUT2D eigenvalue weighted by Crippen LogP contribution is 2.37. The lowest BCUT2D eigenvalue weighted by atomic mass is 10.1. The first-order chi connectivity index (χ1) is 15.6. The monoisotopic (exact) mass is 446 g/mol. The van der Waals surface area contributed by atoms with Crippen LogP contribution < -0.4 is 15.0 Å². The molecule has 4 rings (SSSR count). The van der Waals surface area contributed by atoms with E-state index in [0.717, 1.165) is 51.6 Å². The molecule has 32 heavy (non-hydrogen) atoms. The summed E-state index contributed by atoms with van der Waals surface area (Å²) in [5.74, 6) is 1.55. The van der Waals surface area contributed by atoms with Crippen molar-refractivity contribution in [1.82, 2.24) is 15.2 Å². The Morgan fingerprint density at radius 3 is 2.34 bits per heavy atom. The van der Waals surface area contributed by atoms with Crippen LogP contribution in [-0.2, 0) is 4.79 Å². The van der Waals surface area contributed by atoms with Gasteiger partial charge in [-0.3, -0.25) is 4.79 Å². The molecule has 1 saturated heterocycles. The van der Waals surface area contributed by atoms with E-state index in [1.54, 1.807) is 11.3 Å². The molecule has 3 aromatic rings. The van der Waals surface area contributed by atoms with Crippen molar-refractivity contribution in [2.24, 2.45) is 0 Å². The van der Waals surface area contributed by atoms with Gasteiger partial charge in [-0.05, 0) is 42.5 Å². The zero-order chi connectivity index (χ0) is 22.5. The number of nitrogens with one attached hydrogen (secondary N) is 1. The number of piperazine rings is 1. The lowest BCUT2D eigenvalue weighted by Gasteiger charge is -2.34. The van der Waals surface area contributed by atoms with E-state index < -0.39 is 0 Å². The normalized spacial score (nSPS) is 13.5. The zero-order valence-electron chi connectivity index (χ0n) is 18.1. The average Bonchev–Trinajstić information content (AvgIpc) is 3.30. The molecule has 0 saturated carbocycles. The number of thiazole rings is 1. The van der Waals surface area contributed by atoms with E-state index in [1.807, 2.05) is 66.5 Å². The van der Waals surface area contributed by atoms with Crippen molar-refractivity contribution in [2.45, 2.75) is 0 Å². The molecule has 1 aliphatic heterocycles. The summed E-state index contributed by atoms with van der Waals surface area (Å²) in [6.45, 7) is 10.5. The van der Waals surface area contributed by atoms with Crippen LogP contribution in [0.25, 0.3) is 17.0 Å². The Morgan fingerprint density at radius 2 is 1.72 bits per heavy atom. The molecule has 2 aromatic carbocycles.